The Hall–Kier alpha value is -0.0800. The van der Waals surface area contributed by atoms with E-state index >= 15 is 0 Å². The molecule has 0 saturated carbocycles. The van der Waals surface area contributed by atoms with Crippen molar-refractivity contribution < 1.29 is 9.84 Å². The minimum Gasteiger partial charge on any atom is -0.364 e. The van der Waals surface area contributed by atoms with Gasteiger partial charge in [0.05, 0.1) is 0 Å². The van der Waals surface area contributed by atoms with E-state index in [9.17, 15) is 0 Å². The normalized spacial score (nSPS) is 49.2. The second-order valence-corrected chi connectivity index (χ2v) is 1.46. The number of hydrogen-bond acceptors (Lipinski definition) is 2. The Morgan fingerprint density at radius 3 is 2.20 bits per heavy atom. The van der Waals surface area contributed by atoms with Crippen LogP contribution in [0.2, 0.25) is 0 Å². The van der Waals surface area contributed by atoms with E-state index in [0.717, 1.165) is 0 Å². The van der Waals surface area contributed by atoms with Gasteiger partial charge >= 0.3 is 0 Å². The van der Waals surface area contributed by atoms with Crippen LogP contribution in [0.4, 0.5) is 0 Å². The van der Waals surface area contributed by atoms with E-state index in [-0.39, 0.29) is 0 Å². The monoisotopic (exact) mass is 74.0 g/mol. The van der Waals surface area contributed by atoms with Crippen LogP contribution in [-0.4, -0.2) is 17.5 Å². The summed E-state index contributed by atoms with van der Waals surface area (Å²) in [6.07, 6.45) is 0. The topological polar surface area (TPSA) is 32.8 Å². The van der Waals surface area contributed by atoms with Crippen molar-refractivity contribution >= 4 is 0 Å². The first-order valence-electron chi connectivity index (χ1n) is 1.57. The SMILES string of the molecule is CC1(O)CO1. The lowest BCUT2D eigenvalue weighted by molar-refractivity contribution is 0.0549. The molecule has 2 heteroatoms. The molecular weight excluding hydrogens is 68.0 g/mol. The second kappa shape index (κ2) is 0.533. The van der Waals surface area contributed by atoms with Crippen molar-refractivity contribution in [3.8, 4) is 0 Å². The predicted octanol–water partition coefficient (Wildman–Crippen LogP) is -0.275. The van der Waals surface area contributed by atoms with E-state index in [0.29, 0.717) is 6.61 Å². The van der Waals surface area contributed by atoms with Crippen molar-refractivity contribution in [3.63, 3.8) is 0 Å². The molecule has 1 unspecified atom stereocenters. The van der Waals surface area contributed by atoms with Crippen LogP contribution in [0.15, 0.2) is 0 Å². The van der Waals surface area contributed by atoms with Crippen LogP contribution in [0.1, 0.15) is 6.92 Å². The molecule has 1 N–H and O–H groups in total. The first-order valence-corrected chi connectivity index (χ1v) is 1.57. The van der Waals surface area contributed by atoms with Crippen LogP contribution in [0, 0.1) is 0 Å². The molecule has 0 amide bonds. The molecule has 2 nitrogen and oxygen atoms in total. The molecule has 0 aliphatic carbocycles. The average Bonchev–Trinajstić information content (AvgIpc) is 1.76. The Bertz CT molecular complexity index is 42.9. The molecule has 1 saturated heterocycles. The third kappa shape index (κ3) is 0.597. The van der Waals surface area contributed by atoms with E-state index in [2.05, 4.69) is 4.74 Å². The fourth-order valence-electron chi connectivity index (χ4n) is 0.104. The summed E-state index contributed by atoms with van der Waals surface area (Å²) in [5.41, 5.74) is 0. The van der Waals surface area contributed by atoms with Crippen molar-refractivity contribution in [2.45, 2.75) is 12.7 Å². The van der Waals surface area contributed by atoms with Gasteiger partial charge in [0, 0.05) is 0 Å². The quantitative estimate of drug-likeness (QED) is 0.401. The zero-order valence-corrected chi connectivity index (χ0v) is 3.06. The molecule has 0 aromatic carbocycles. The van der Waals surface area contributed by atoms with Gasteiger partial charge in [-0.15, -0.1) is 0 Å². The number of rotatable bonds is 0. The van der Waals surface area contributed by atoms with Crippen LogP contribution in [0.5, 0.6) is 0 Å². The lowest BCUT2D eigenvalue weighted by Crippen LogP contribution is -1.97. The summed E-state index contributed by atoms with van der Waals surface area (Å²) in [5, 5.41) is 8.41. The molecule has 1 atom stereocenters. The van der Waals surface area contributed by atoms with E-state index in [1.54, 1.807) is 6.92 Å². The Labute approximate surface area is 30.4 Å². The van der Waals surface area contributed by atoms with Crippen LogP contribution < -0.4 is 0 Å². The van der Waals surface area contributed by atoms with Gasteiger partial charge in [0.2, 0.25) is 0 Å². The van der Waals surface area contributed by atoms with Gasteiger partial charge in [0.1, 0.15) is 6.61 Å². The molecule has 30 valence electrons. The number of hydrogen-bond donors (Lipinski definition) is 1. The Balaban J connectivity index is 2.38. The lowest BCUT2D eigenvalue weighted by atomic mass is 10.5. The molecule has 0 radical (unpaired) electrons. The van der Waals surface area contributed by atoms with Crippen LogP contribution in [0.25, 0.3) is 0 Å². The summed E-state index contributed by atoms with van der Waals surface area (Å²) in [5.74, 6) is -0.750. The fourth-order valence-corrected chi connectivity index (χ4v) is 0.104. The van der Waals surface area contributed by atoms with Crippen LogP contribution in [0.3, 0.4) is 0 Å². The largest absolute Gasteiger partial charge is 0.364 e. The third-order valence-electron chi connectivity index (χ3n) is 0.562. The highest BCUT2D eigenvalue weighted by Crippen LogP contribution is 2.19. The van der Waals surface area contributed by atoms with E-state index in [1.807, 2.05) is 0 Å². The molecule has 1 fully saturated rings. The lowest BCUT2D eigenvalue weighted by Gasteiger charge is -1.82. The predicted molar refractivity (Wildman–Crippen MR) is 16.6 cm³/mol. The second-order valence-electron chi connectivity index (χ2n) is 1.46. The molecule has 5 heavy (non-hydrogen) atoms. The summed E-state index contributed by atoms with van der Waals surface area (Å²) < 4.78 is 4.45. The van der Waals surface area contributed by atoms with Gasteiger partial charge in [0.15, 0.2) is 5.79 Å². The van der Waals surface area contributed by atoms with Crippen molar-refractivity contribution in [1.29, 1.82) is 0 Å². The molecule has 0 aromatic rings. The Kier molecular flexibility index (Phi) is 0.333. The molecule has 0 spiro atoms. The van der Waals surface area contributed by atoms with Gasteiger partial charge in [-0.2, -0.15) is 0 Å². The third-order valence-corrected chi connectivity index (χ3v) is 0.562. The molecule has 1 aliphatic rings. The first kappa shape index (κ1) is 3.12. The number of aliphatic hydroxyl groups is 1. The molecule has 1 aliphatic heterocycles. The van der Waals surface area contributed by atoms with E-state index < -0.39 is 5.79 Å². The van der Waals surface area contributed by atoms with Crippen LogP contribution >= 0.6 is 0 Å². The van der Waals surface area contributed by atoms with Gasteiger partial charge in [0.25, 0.3) is 0 Å². The smallest absolute Gasteiger partial charge is 0.186 e. The van der Waals surface area contributed by atoms with E-state index in [1.165, 1.54) is 0 Å². The maximum atomic E-state index is 8.41. The van der Waals surface area contributed by atoms with Gasteiger partial charge in [-0.1, -0.05) is 0 Å². The van der Waals surface area contributed by atoms with E-state index in [4.69, 9.17) is 5.11 Å². The molecule has 1 rings (SSSR count). The van der Waals surface area contributed by atoms with Crippen molar-refractivity contribution in [1.82, 2.24) is 0 Å². The highest BCUT2D eigenvalue weighted by Gasteiger charge is 2.35. The van der Waals surface area contributed by atoms with Crippen molar-refractivity contribution in [3.05, 3.63) is 0 Å². The Morgan fingerprint density at radius 1 is 2.00 bits per heavy atom. The van der Waals surface area contributed by atoms with Crippen molar-refractivity contribution in [2.75, 3.05) is 6.61 Å². The highest BCUT2D eigenvalue weighted by molar-refractivity contribution is 4.70. The standard InChI is InChI=1S/C3H6O2/c1-3(4)2-5-3/h4H,2H2,1H3. The van der Waals surface area contributed by atoms with Crippen LogP contribution in [-0.2, 0) is 4.74 Å². The van der Waals surface area contributed by atoms with Crippen molar-refractivity contribution in [2.24, 2.45) is 0 Å². The summed E-state index contributed by atoms with van der Waals surface area (Å²) >= 11 is 0. The molecule has 0 bridgehead atoms. The fraction of sp³-hybridized carbons (Fsp3) is 1.00. The summed E-state index contributed by atoms with van der Waals surface area (Å²) in [6.45, 7) is 2.14. The first-order chi connectivity index (χ1) is 2.21. The molecule has 1 heterocycles. The minimum atomic E-state index is -0.750. The Morgan fingerprint density at radius 2 is 2.20 bits per heavy atom. The zero-order valence-electron chi connectivity index (χ0n) is 3.06. The highest BCUT2D eigenvalue weighted by atomic mass is 16.7. The van der Waals surface area contributed by atoms with Gasteiger partial charge in [-0.05, 0) is 6.92 Å². The van der Waals surface area contributed by atoms with Gasteiger partial charge < -0.3 is 9.84 Å². The summed E-state index contributed by atoms with van der Waals surface area (Å²) in [7, 11) is 0. The summed E-state index contributed by atoms with van der Waals surface area (Å²) in [4.78, 5) is 0. The number of ether oxygens (including phenoxy) is 1. The zero-order chi connectivity index (χ0) is 3.91. The average molecular weight is 74.1 g/mol. The van der Waals surface area contributed by atoms with Gasteiger partial charge in [-0.3, -0.25) is 0 Å². The maximum Gasteiger partial charge on any atom is 0.186 e. The molecule has 0 aromatic heterocycles. The van der Waals surface area contributed by atoms with Gasteiger partial charge in [-0.25, -0.2) is 0 Å². The molecular formula is C3H6O2. The number of epoxide rings is 1. The maximum absolute atomic E-state index is 8.41. The minimum absolute atomic E-state index is 0.507. The summed E-state index contributed by atoms with van der Waals surface area (Å²) in [6, 6.07) is 0.